The first-order valence-electron chi connectivity index (χ1n) is 17.1. The largest absolute Gasteiger partial charge is 0.399 e. The van der Waals surface area contributed by atoms with Gasteiger partial charge in [0.15, 0.2) is 0 Å². The van der Waals surface area contributed by atoms with E-state index >= 15 is 0 Å². The van der Waals surface area contributed by atoms with E-state index in [1.54, 1.807) is 12.1 Å². The Morgan fingerprint density at radius 1 is 0.920 bits per heavy atom. The number of carbonyl (C=O) groups excluding carboxylic acids is 2. The molecule has 3 aromatic rings. The van der Waals surface area contributed by atoms with Crippen molar-refractivity contribution >= 4 is 27.6 Å². The van der Waals surface area contributed by atoms with Gasteiger partial charge in [0.1, 0.15) is 6.04 Å². The lowest BCUT2D eigenvalue weighted by Crippen LogP contribution is -2.53. The van der Waals surface area contributed by atoms with Crippen molar-refractivity contribution in [3.05, 3.63) is 120 Å². The van der Waals surface area contributed by atoms with Crippen molar-refractivity contribution in [3.63, 3.8) is 0 Å². The molecule has 12 heteroatoms. The van der Waals surface area contributed by atoms with E-state index in [0.29, 0.717) is 38.0 Å². The molecule has 3 amide bonds. The number of anilines is 1. The quantitative estimate of drug-likeness (QED) is 0.0858. The standard InChI is InChI=1S/C38H50N6O5S/c1-28(2)26-44(50(48,49)34-20-18-32(39)19-21-34)33(27-45)17-9-10-23-41-37(46)36(43-38(47)42-25-29-12-11-22-40-24-29)35(30-13-5-3-6-14-30)31-15-7-4-8-16-31/h3-8,11-16,18-21,24,28,33,35-36,40,45H,9-10,17,22-23,25-27,39H2,1-2H3,(H,41,46)(H2,42,43,47)/t33-,36-/m0/s1. The highest BCUT2D eigenvalue weighted by Gasteiger charge is 2.33. The number of amides is 3. The summed E-state index contributed by atoms with van der Waals surface area (Å²) >= 11 is 0. The lowest BCUT2D eigenvalue weighted by molar-refractivity contribution is -0.123. The minimum atomic E-state index is -3.89. The number of urea groups is 1. The van der Waals surface area contributed by atoms with Crippen LogP contribution in [0.3, 0.4) is 0 Å². The number of carbonyl (C=O) groups is 2. The van der Waals surface area contributed by atoms with E-state index < -0.39 is 34.1 Å². The Bertz CT molecular complexity index is 1640. The monoisotopic (exact) mass is 702 g/mol. The molecule has 0 fully saturated rings. The average molecular weight is 703 g/mol. The van der Waals surface area contributed by atoms with Crippen LogP contribution in [0.15, 0.2) is 114 Å². The zero-order valence-electron chi connectivity index (χ0n) is 28.8. The Morgan fingerprint density at radius 3 is 2.12 bits per heavy atom. The van der Waals surface area contributed by atoms with Gasteiger partial charge in [0.2, 0.25) is 15.9 Å². The summed E-state index contributed by atoms with van der Waals surface area (Å²) in [6.45, 7) is 5.08. The smallest absolute Gasteiger partial charge is 0.315 e. The predicted octanol–water partition coefficient (Wildman–Crippen LogP) is 4.11. The highest BCUT2D eigenvalue weighted by molar-refractivity contribution is 7.89. The molecule has 4 rings (SSSR count). The van der Waals surface area contributed by atoms with Crippen molar-refractivity contribution in [1.29, 1.82) is 0 Å². The maximum atomic E-state index is 13.9. The van der Waals surface area contributed by atoms with Crippen molar-refractivity contribution in [2.24, 2.45) is 5.92 Å². The molecule has 0 aromatic heterocycles. The molecule has 0 spiro atoms. The zero-order chi connectivity index (χ0) is 35.9. The van der Waals surface area contributed by atoms with Gasteiger partial charge in [0.05, 0.1) is 11.5 Å². The number of benzene rings is 3. The first-order chi connectivity index (χ1) is 24.1. The molecule has 268 valence electrons. The fourth-order valence-electron chi connectivity index (χ4n) is 5.93. The molecule has 2 atom stereocenters. The number of nitrogens with zero attached hydrogens (tertiary/aromatic N) is 1. The lowest BCUT2D eigenvalue weighted by atomic mass is 9.84. The predicted molar refractivity (Wildman–Crippen MR) is 198 cm³/mol. The van der Waals surface area contributed by atoms with Crippen molar-refractivity contribution < 1.29 is 23.1 Å². The second kappa shape index (κ2) is 18.9. The van der Waals surface area contributed by atoms with Gasteiger partial charge in [-0.1, -0.05) is 93.1 Å². The Labute approximate surface area is 296 Å². The number of aliphatic hydroxyl groups excluding tert-OH is 1. The number of nitrogen functional groups attached to an aromatic ring is 1. The van der Waals surface area contributed by atoms with Crippen LogP contribution in [-0.4, -0.2) is 74.6 Å². The third kappa shape index (κ3) is 10.9. The summed E-state index contributed by atoms with van der Waals surface area (Å²) in [7, 11) is -3.89. The van der Waals surface area contributed by atoms with Crippen LogP contribution in [0.25, 0.3) is 0 Å². The van der Waals surface area contributed by atoms with Gasteiger partial charge in [-0.05, 0) is 59.7 Å². The Kier molecular flexibility index (Phi) is 14.4. The topological polar surface area (TPSA) is 166 Å². The number of aliphatic hydroxyl groups is 1. The molecular weight excluding hydrogens is 653 g/mol. The Balaban J connectivity index is 1.45. The second-order valence-corrected chi connectivity index (χ2v) is 14.7. The molecule has 50 heavy (non-hydrogen) atoms. The second-order valence-electron chi connectivity index (χ2n) is 12.8. The molecule has 7 N–H and O–H groups in total. The Hall–Kier alpha value is -4.65. The summed E-state index contributed by atoms with van der Waals surface area (Å²) in [5.74, 6) is -0.786. The van der Waals surface area contributed by atoms with Crippen molar-refractivity contribution in [1.82, 2.24) is 25.6 Å². The summed E-state index contributed by atoms with van der Waals surface area (Å²) < 4.78 is 28.6. The molecule has 0 bridgehead atoms. The van der Waals surface area contributed by atoms with Gasteiger partial charge in [0, 0.05) is 50.0 Å². The molecule has 3 aromatic carbocycles. The van der Waals surface area contributed by atoms with Crippen LogP contribution in [0.1, 0.15) is 50.2 Å². The SMILES string of the molecule is CC(C)CN([C@H](CO)CCCCNC(=O)[C@@H](NC(=O)NCC1=CNCC=C1)C(c1ccccc1)c1ccccc1)S(=O)(=O)c1ccc(N)cc1. The van der Waals surface area contributed by atoms with Crippen molar-refractivity contribution in [2.75, 3.05) is 38.5 Å². The van der Waals surface area contributed by atoms with Gasteiger partial charge in [-0.2, -0.15) is 4.31 Å². The fourth-order valence-corrected chi connectivity index (χ4v) is 7.74. The van der Waals surface area contributed by atoms with Crippen LogP contribution in [0.2, 0.25) is 0 Å². The highest BCUT2D eigenvalue weighted by Crippen LogP contribution is 2.29. The minimum Gasteiger partial charge on any atom is -0.399 e. The normalized spacial score (nSPS) is 14.2. The molecule has 0 saturated heterocycles. The number of hydrogen-bond acceptors (Lipinski definition) is 7. The van der Waals surface area contributed by atoms with E-state index in [9.17, 15) is 23.1 Å². The van der Waals surface area contributed by atoms with E-state index in [0.717, 1.165) is 23.2 Å². The van der Waals surface area contributed by atoms with Crippen LogP contribution < -0.4 is 27.0 Å². The van der Waals surface area contributed by atoms with Crippen LogP contribution in [0.4, 0.5) is 10.5 Å². The molecule has 1 aliphatic rings. The maximum absolute atomic E-state index is 13.9. The van der Waals surface area contributed by atoms with E-state index in [2.05, 4.69) is 21.3 Å². The molecule has 0 saturated carbocycles. The number of unbranched alkanes of at least 4 members (excludes halogenated alkanes) is 1. The summed E-state index contributed by atoms with van der Waals surface area (Å²) in [6.07, 6.45) is 7.23. The molecule has 0 unspecified atom stereocenters. The molecule has 1 heterocycles. The van der Waals surface area contributed by atoms with Crippen LogP contribution in [0, 0.1) is 5.92 Å². The van der Waals surface area contributed by atoms with Crippen molar-refractivity contribution in [2.45, 2.75) is 56.0 Å². The fraction of sp³-hybridized carbons (Fsp3) is 0.368. The van der Waals surface area contributed by atoms with E-state index in [4.69, 9.17) is 5.73 Å². The summed E-state index contributed by atoms with van der Waals surface area (Å²) in [6, 6.07) is 23.2. The Morgan fingerprint density at radius 2 is 1.56 bits per heavy atom. The third-order valence-corrected chi connectivity index (χ3v) is 10.4. The van der Waals surface area contributed by atoms with Crippen LogP contribution >= 0.6 is 0 Å². The number of hydrogen-bond donors (Lipinski definition) is 6. The summed E-state index contributed by atoms with van der Waals surface area (Å²) in [5, 5.41) is 22.3. The third-order valence-electron chi connectivity index (χ3n) is 8.44. The van der Waals surface area contributed by atoms with Gasteiger partial charge in [-0.3, -0.25) is 4.79 Å². The number of nitrogens with two attached hydrogens (primary N) is 1. The zero-order valence-corrected chi connectivity index (χ0v) is 29.6. The van der Waals surface area contributed by atoms with Crippen molar-refractivity contribution in [3.8, 4) is 0 Å². The molecule has 0 radical (unpaired) electrons. The van der Waals surface area contributed by atoms with E-state index in [1.807, 2.05) is 92.9 Å². The highest BCUT2D eigenvalue weighted by atomic mass is 32.2. The van der Waals surface area contributed by atoms with Gasteiger partial charge < -0.3 is 32.1 Å². The number of nitrogens with one attached hydrogen (secondary N) is 4. The van der Waals surface area contributed by atoms with Gasteiger partial charge in [0.25, 0.3) is 0 Å². The average Bonchev–Trinajstić information content (AvgIpc) is 3.12. The number of rotatable bonds is 18. The number of sulfonamides is 1. The summed E-state index contributed by atoms with van der Waals surface area (Å²) in [4.78, 5) is 27.3. The van der Waals surface area contributed by atoms with Crippen LogP contribution in [0.5, 0.6) is 0 Å². The van der Waals surface area contributed by atoms with Gasteiger partial charge in [-0.15, -0.1) is 0 Å². The molecular formula is C38H50N6O5S. The minimum absolute atomic E-state index is 0.0308. The van der Waals surface area contributed by atoms with E-state index in [-0.39, 0.29) is 29.9 Å². The van der Waals surface area contributed by atoms with Gasteiger partial charge >= 0.3 is 6.03 Å². The lowest BCUT2D eigenvalue weighted by Gasteiger charge is -2.31. The number of dihydropyridines is 1. The first kappa shape index (κ1) is 38.2. The van der Waals surface area contributed by atoms with E-state index in [1.165, 1.54) is 16.4 Å². The van der Waals surface area contributed by atoms with Gasteiger partial charge in [-0.25, -0.2) is 13.2 Å². The first-order valence-corrected chi connectivity index (χ1v) is 18.5. The molecule has 11 nitrogen and oxygen atoms in total. The van der Waals surface area contributed by atoms with Crippen LogP contribution in [-0.2, 0) is 14.8 Å². The molecule has 1 aliphatic heterocycles. The maximum Gasteiger partial charge on any atom is 0.315 e. The summed E-state index contributed by atoms with van der Waals surface area (Å²) in [5.41, 5.74) is 8.90. The molecule has 0 aliphatic carbocycles.